The molecule has 0 amide bonds. The zero-order chi connectivity index (χ0) is 20.3. The third-order valence-corrected chi connectivity index (χ3v) is 6.75. The number of likely N-dealkylation sites (N-methyl/N-ethyl adjacent to an activating group) is 1. The van der Waals surface area contributed by atoms with Gasteiger partial charge in [0.1, 0.15) is 5.75 Å². The molecule has 0 radical (unpaired) electrons. The lowest BCUT2D eigenvalue weighted by Crippen LogP contribution is -2.33. The van der Waals surface area contributed by atoms with Gasteiger partial charge >= 0.3 is 0 Å². The first-order valence-corrected chi connectivity index (χ1v) is 10.7. The number of fused-ring (bicyclic) bond motifs is 1. The number of carbonyl (C=O) groups excluding carboxylic acids is 1. The Kier molecular flexibility index (Phi) is 6.95. The van der Waals surface area contributed by atoms with E-state index in [1.807, 2.05) is 6.07 Å². The lowest BCUT2D eigenvalue weighted by molar-refractivity contribution is -0.116. The van der Waals surface area contributed by atoms with Crippen LogP contribution in [0.3, 0.4) is 0 Å². The van der Waals surface area contributed by atoms with E-state index in [4.69, 9.17) is 0 Å². The summed E-state index contributed by atoms with van der Waals surface area (Å²) in [5, 5.41) is 9.67. The van der Waals surface area contributed by atoms with Gasteiger partial charge in [0.15, 0.2) is 5.78 Å². The molecule has 1 aromatic carbocycles. The van der Waals surface area contributed by atoms with Crippen LogP contribution in [0.25, 0.3) is 0 Å². The summed E-state index contributed by atoms with van der Waals surface area (Å²) >= 11 is 0. The highest BCUT2D eigenvalue weighted by Gasteiger charge is 2.28. The molecule has 2 atom stereocenters. The van der Waals surface area contributed by atoms with E-state index < -0.39 is 0 Å². The molecule has 1 N–H and O–H groups in total. The first-order valence-electron chi connectivity index (χ1n) is 10.7. The van der Waals surface area contributed by atoms with Crippen molar-refractivity contribution in [2.45, 2.75) is 69.9 Å². The van der Waals surface area contributed by atoms with Crippen LogP contribution in [0.15, 0.2) is 29.3 Å². The molecule has 28 heavy (non-hydrogen) atoms. The van der Waals surface area contributed by atoms with Gasteiger partial charge in [-0.1, -0.05) is 17.7 Å². The number of hydrogen-bond donors (Lipinski definition) is 1. The van der Waals surface area contributed by atoms with E-state index in [0.29, 0.717) is 23.6 Å². The van der Waals surface area contributed by atoms with Gasteiger partial charge in [0.05, 0.1) is 0 Å². The molecule has 4 rings (SSSR count). The lowest BCUT2D eigenvalue weighted by Gasteiger charge is -2.33. The predicted molar refractivity (Wildman–Crippen MR) is 115 cm³/mol. The molecule has 4 heteroatoms. The number of phenols is 1. The van der Waals surface area contributed by atoms with Gasteiger partial charge in [0, 0.05) is 18.5 Å². The first-order chi connectivity index (χ1) is 13.4. The summed E-state index contributed by atoms with van der Waals surface area (Å²) in [5.74, 6) is 0.906. The molecule has 2 unspecified atom stereocenters. The maximum absolute atomic E-state index is 11.6. The minimum absolute atomic E-state index is 0.434. The number of benzene rings is 1. The summed E-state index contributed by atoms with van der Waals surface area (Å²) in [6.07, 6.45) is 9.59. The van der Waals surface area contributed by atoms with Crippen molar-refractivity contribution in [2.75, 3.05) is 28.2 Å². The second kappa shape index (κ2) is 9.23. The molecule has 3 aliphatic carbocycles. The van der Waals surface area contributed by atoms with Crippen molar-refractivity contribution in [2.24, 2.45) is 0 Å². The Hall–Kier alpha value is -1.65. The molecular weight excluding hydrogens is 348 g/mol. The van der Waals surface area contributed by atoms with Gasteiger partial charge < -0.3 is 14.9 Å². The van der Waals surface area contributed by atoms with Crippen LogP contribution in [0.5, 0.6) is 5.75 Å². The SMILES string of the molecule is CN(C)C1CCC2=C(CCCC2=O)C1.CN(C)C1CCc2c(O)cccc2C1. The van der Waals surface area contributed by atoms with E-state index in [-0.39, 0.29) is 0 Å². The van der Waals surface area contributed by atoms with E-state index >= 15 is 0 Å². The summed E-state index contributed by atoms with van der Waals surface area (Å²) in [4.78, 5) is 16.2. The second-order valence-corrected chi connectivity index (χ2v) is 8.99. The van der Waals surface area contributed by atoms with Gasteiger partial charge in [0.2, 0.25) is 0 Å². The van der Waals surface area contributed by atoms with E-state index in [1.54, 1.807) is 6.07 Å². The Bertz CT molecular complexity index is 736. The lowest BCUT2D eigenvalue weighted by atomic mass is 9.79. The largest absolute Gasteiger partial charge is 0.508 e. The molecular formula is C24H36N2O2. The molecule has 0 fully saturated rings. The number of carbonyl (C=O) groups is 1. The summed E-state index contributed by atoms with van der Waals surface area (Å²) in [6.45, 7) is 0. The van der Waals surface area contributed by atoms with Gasteiger partial charge in [0.25, 0.3) is 0 Å². The zero-order valence-corrected chi connectivity index (χ0v) is 18.0. The summed E-state index contributed by atoms with van der Waals surface area (Å²) in [6, 6.07) is 7.15. The van der Waals surface area contributed by atoms with Crippen LogP contribution in [0, 0.1) is 0 Å². The van der Waals surface area contributed by atoms with Gasteiger partial charge in [-0.05, 0) is 102 Å². The van der Waals surface area contributed by atoms with Gasteiger partial charge in [-0.15, -0.1) is 0 Å². The van der Waals surface area contributed by atoms with Crippen LogP contribution in [0.4, 0.5) is 0 Å². The number of rotatable bonds is 2. The van der Waals surface area contributed by atoms with Crippen molar-refractivity contribution in [3.05, 3.63) is 40.5 Å². The fourth-order valence-corrected chi connectivity index (χ4v) is 4.85. The highest BCUT2D eigenvalue weighted by Crippen LogP contribution is 2.35. The van der Waals surface area contributed by atoms with Crippen molar-refractivity contribution >= 4 is 5.78 Å². The maximum Gasteiger partial charge on any atom is 0.158 e. The van der Waals surface area contributed by atoms with Gasteiger partial charge in [-0.25, -0.2) is 0 Å². The van der Waals surface area contributed by atoms with Gasteiger partial charge in [-0.3, -0.25) is 4.79 Å². The molecule has 0 saturated heterocycles. The van der Waals surface area contributed by atoms with Crippen molar-refractivity contribution < 1.29 is 9.90 Å². The zero-order valence-electron chi connectivity index (χ0n) is 18.0. The number of allylic oxidation sites excluding steroid dienone is 1. The third-order valence-electron chi connectivity index (χ3n) is 6.75. The number of hydrogen-bond acceptors (Lipinski definition) is 4. The number of ketones is 1. The Morgan fingerprint density at radius 3 is 2.29 bits per heavy atom. The second-order valence-electron chi connectivity index (χ2n) is 8.99. The molecule has 0 aliphatic heterocycles. The fraction of sp³-hybridized carbons (Fsp3) is 0.625. The molecule has 0 aromatic heterocycles. The molecule has 0 spiro atoms. The van der Waals surface area contributed by atoms with Crippen LogP contribution >= 0.6 is 0 Å². The Labute approximate surface area is 170 Å². The van der Waals surface area contributed by atoms with E-state index in [1.165, 1.54) is 23.1 Å². The Morgan fingerprint density at radius 2 is 1.57 bits per heavy atom. The predicted octanol–water partition coefficient (Wildman–Crippen LogP) is 3.96. The maximum atomic E-state index is 11.6. The number of phenolic OH excluding ortho intramolecular Hbond substituents is 1. The minimum atomic E-state index is 0.434. The number of aromatic hydroxyl groups is 1. The van der Waals surface area contributed by atoms with Gasteiger partial charge in [-0.2, -0.15) is 0 Å². The molecule has 0 bridgehead atoms. The van der Waals surface area contributed by atoms with Crippen LogP contribution in [-0.4, -0.2) is 61.0 Å². The molecule has 3 aliphatic rings. The third kappa shape index (κ3) is 4.84. The average molecular weight is 385 g/mol. The van der Waals surface area contributed by atoms with Crippen LogP contribution in [0.1, 0.15) is 56.1 Å². The first kappa shape index (κ1) is 21.1. The quantitative estimate of drug-likeness (QED) is 0.838. The topological polar surface area (TPSA) is 43.8 Å². The van der Waals surface area contributed by atoms with Crippen molar-refractivity contribution in [1.29, 1.82) is 0 Å². The summed E-state index contributed by atoms with van der Waals surface area (Å²) in [7, 11) is 8.53. The van der Waals surface area contributed by atoms with E-state index in [9.17, 15) is 9.90 Å². The van der Waals surface area contributed by atoms with Crippen LogP contribution < -0.4 is 0 Å². The smallest absolute Gasteiger partial charge is 0.158 e. The van der Waals surface area contributed by atoms with Crippen molar-refractivity contribution in [3.63, 3.8) is 0 Å². The normalized spacial score (nSPS) is 24.6. The van der Waals surface area contributed by atoms with Crippen LogP contribution in [0.2, 0.25) is 0 Å². The van der Waals surface area contributed by atoms with Crippen molar-refractivity contribution in [3.8, 4) is 5.75 Å². The molecule has 1 aromatic rings. The Morgan fingerprint density at radius 1 is 0.893 bits per heavy atom. The molecule has 0 heterocycles. The summed E-state index contributed by atoms with van der Waals surface area (Å²) < 4.78 is 0. The molecule has 154 valence electrons. The monoisotopic (exact) mass is 384 g/mol. The van der Waals surface area contributed by atoms with E-state index in [0.717, 1.165) is 56.9 Å². The standard InChI is InChI=1S/C12H19NO.C12H17NO/c2*1-13(2)10-6-7-11-9(8-10)4-3-5-12(11)14/h10H,3-8H2,1-2H3;3-5,10,14H,6-8H2,1-2H3. The average Bonchev–Trinajstić information content (AvgIpc) is 2.68. The number of Topliss-reactive ketones (excluding diaryl/α,β-unsaturated/α-hetero) is 1. The fourth-order valence-electron chi connectivity index (χ4n) is 4.85. The molecule has 4 nitrogen and oxygen atoms in total. The van der Waals surface area contributed by atoms with Crippen molar-refractivity contribution in [1.82, 2.24) is 9.80 Å². The number of nitrogens with zero attached hydrogens (tertiary/aromatic N) is 2. The highest BCUT2D eigenvalue weighted by atomic mass is 16.3. The Balaban J connectivity index is 0.000000161. The van der Waals surface area contributed by atoms with Crippen LogP contribution in [-0.2, 0) is 17.6 Å². The minimum Gasteiger partial charge on any atom is -0.508 e. The molecule has 0 saturated carbocycles. The highest BCUT2D eigenvalue weighted by molar-refractivity contribution is 5.97. The van der Waals surface area contributed by atoms with E-state index in [2.05, 4.69) is 44.1 Å². The summed E-state index contributed by atoms with van der Waals surface area (Å²) in [5.41, 5.74) is 5.13.